The molecule has 0 saturated carbocycles. The molecule has 2 unspecified atom stereocenters. The van der Waals surface area contributed by atoms with Crippen LogP contribution < -0.4 is 16.4 Å². The number of hydrogen-bond donors (Lipinski definition) is 3. The molecule has 0 fully saturated rings. The molecule has 0 aliphatic carbocycles. The number of benzene rings is 5. The lowest BCUT2D eigenvalue weighted by molar-refractivity contribution is 0.856. The number of rotatable bonds is 8. The third kappa shape index (κ3) is 5.89. The van der Waals surface area contributed by atoms with Crippen molar-refractivity contribution in [3.8, 4) is 33.5 Å². The largest absolute Gasteiger partial charge is 0.404 e. The molecule has 6 aromatic rings. The molecular weight excluding hydrogens is 625 g/mol. The second-order valence-corrected chi connectivity index (χ2v) is 13.9. The van der Waals surface area contributed by atoms with E-state index < -0.39 is 0 Å². The highest BCUT2D eigenvalue weighted by Crippen LogP contribution is 2.41. The van der Waals surface area contributed by atoms with E-state index in [2.05, 4.69) is 143 Å². The van der Waals surface area contributed by atoms with Gasteiger partial charge in [-0.05, 0) is 90.4 Å². The van der Waals surface area contributed by atoms with E-state index in [1.807, 2.05) is 18.6 Å². The van der Waals surface area contributed by atoms with Crippen LogP contribution in [0.25, 0.3) is 55.1 Å². The van der Waals surface area contributed by atoms with Crippen molar-refractivity contribution in [2.75, 3.05) is 0 Å². The molecule has 2 aliphatic rings. The number of nitrogens with zero attached hydrogens (tertiary/aromatic N) is 1. The Kier molecular flexibility index (Phi) is 8.50. The molecule has 8 rings (SSSR count). The zero-order valence-corrected chi connectivity index (χ0v) is 27.8. The van der Waals surface area contributed by atoms with Gasteiger partial charge in [0, 0.05) is 35.9 Å². The Hall–Kier alpha value is -5.17. The molecule has 0 amide bonds. The Morgan fingerprint density at radius 3 is 2.17 bits per heavy atom. The Morgan fingerprint density at radius 2 is 1.42 bits per heavy atom. The molecule has 234 valence electrons. The highest BCUT2D eigenvalue weighted by molar-refractivity contribution is 8.03. The van der Waals surface area contributed by atoms with Crippen LogP contribution in [0.15, 0.2) is 163 Å². The maximum absolute atomic E-state index is 6.08. The third-order valence-corrected chi connectivity index (χ3v) is 10.9. The van der Waals surface area contributed by atoms with E-state index >= 15 is 0 Å². The molecule has 0 spiro atoms. The molecule has 5 aromatic carbocycles. The average molecular weight is 659 g/mol. The highest BCUT2D eigenvalue weighted by atomic mass is 32.2. The minimum absolute atomic E-state index is 0.133. The second-order valence-electron chi connectivity index (χ2n) is 11.8. The maximum atomic E-state index is 6.08. The lowest BCUT2D eigenvalue weighted by Crippen LogP contribution is -2.18. The standard InChI is InChI=1S/C42H34N4S2/c43-26-32(41-44-20-22-47-41)12-7-15-35-34-13-4-5-14-36(34)40(39-19-17-33(27-46-39)42-45-21-23-48-42)37-18-16-31(25-38(35)37)30-11-6-10-29(24-30)28-8-2-1-3-9-28/h1-14,16-27,41-42,44-45H,15,43H2/b12-7-,32-26+. The molecule has 0 bridgehead atoms. The summed E-state index contributed by atoms with van der Waals surface area (Å²) in [4.78, 5) is 5.06. The summed E-state index contributed by atoms with van der Waals surface area (Å²) in [5.74, 6) is 0. The monoisotopic (exact) mass is 658 g/mol. The van der Waals surface area contributed by atoms with E-state index in [9.17, 15) is 0 Å². The first-order valence-electron chi connectivity index (χ1n) is 16.1. The predicted octanol–water partition coefficient (Wildman–Crippen LogP) is 10.3. The number of nitrogens with one attached hydrogen (secondary N) is 2. The van der Waals surface area contributed by atoms with Crippen LogP contribution in [0.4, 0.5) is 0 Å². The van der Waals surface area contributed by atoms with E-state index in [4.69, 9.17) is 10.7 Å². The van der Waals surface area contributed by atoms with Crippen molar-refractivity contribution in [1.82, 2.24) is 15.6 Å². The average Bonchev–Trinajstić information content (AvgIpc) is 3.90. The highest BCUT2D eigenvalue weighted by Gasteiger charge is 2.19. The van der Waals surface area contributed by atoms with Crippen molar-refractivity contribution in [3.05, 3.63) is 174 Å². The zero-order valence-electron chi connectivity index (χ0n) is 26.2. The van der Waals surface area contributed by atoms with Gasteiger partial charge in [-0.1, -0.05) is 103 Å². The van der Waals surface area contributed by atoms with Gasteiger partial charge in [0.2, 0.25) is 0 Å². The maximum Gasteiger partial charge on any atom is 0.103 e. The lowest BCUT2D eigenvalue weighted by Gasteiger charge is -2.18. The van der Waals surface area contributed by atoms with Gasteiger partial charge in [-0.3, -0.25) is 4.98 Å². The molecule has 4 N–H and O–H groups in total. The van der Waals surface area contributed by atoms with Gasteiger partial charge in [0.15, 0.2) is 0 Å². The van der Waals surface area contributed by atoms with Gasteiger partial charge in [-0.25, -0.2) is 0 Å². The van der Waals surface area contributed by atoms with Crippen LogP contribution in [-0.4, -0.2) is 10.4 Å². The van der Waals surface area contributed by atoms with E-state index in [0.29, 0.717) is 0 Å². The smallest absolute Gasteiger partial charge is 0.103 e. The predicted molar refractivity (Wildman–Crippen MR) is 207 cm³/mol. The lowest BCUT2D eigenvalue weighted by atomic mass is 9.87. The fourth-order valence-electron chi connectivity index (χ4n) is 6.62. The van der Waals surface area contributed by atoms with Gasteiger partial charge in [0.1, 0.15) is 10.7 Å². The molecule has 6 heteroatoms. The second kappa shape index (κ2) is 13.5. The Morgan fingerprint density at radius 1 is 0.688 bits per heavy atom. The topological polar surface area (TPSA) is 63.0 Å². The van der Waals surface area contributed by atoms with Crippen molar-refractivity contribution < 1.29 is 0 Å². The summed E-state index contributed by atoms with van der Waals surface area (Å²) < 4.78 is 0. The quantitative estimate of drug-likeness (QED) is 0.112. The molecule has 2 aliphatic heterocycles. The van der Waals surface area contributed by atoms with Crippen LogP contribution in [0.5, 0.6) is 0 Å². The van der Waals surface area contributed by atoms with Gasteiger partial charge >= 0.3 is 0 Å². The number of aromatic nitrogens is 1. The van der Waals surface area contributed by atoms with Crippen LogP contribution in [0.2, 0.25) is 0 Å². The van der Waals surface area contributed by atoms with Crippen molar-refractivity contribution >= 4 is 45.1 Å². The number of fused-ring (bicyclic) bond motifs is 2. The number of allylic oxidation sites excluding steroid dienone is 1. The van der Waals surface area contributed by atoms with Crippen molar-refractivity contribution in [1.29, 1.82) is 0 Å². The normalized spacial score (nSPS) is 17.4. The van der Waals surface area contributed by atoms with Crippen molar-refractivity contribution in [2.45, 2.75) is 17.2 Å². The molecule has 3 heterocycles. The zero-order chi connectivity index (χ0) is 32.3. The third-order valence-electron chi connectivity index (χ3n) is 8.97. The van der Waals surface area contributed by atoms with Crippen molar-refractivity contribution in [2.24, 2.45) is 5.73 Å². The molecular formula is C42H34N4S2. The van der Waals surface area contributed by atoms with Crippen LogP contribution in [0, 0.1) is 0 Å². The summed E-state index contributed by atoms with van der Waals surface area (Å²) in [5, 5.41) is 16.1. The van der Waals surface area contributed by atoms with Crippen molar-refractivity contribution in [3.63, 3.8) is 0 Å². The number of thioether (sulfide) groups is 2. The van der Waals surface area contributed by atoms with E-state index in [0.717, 1.165) is 23.3 Å². The van der Waals surface area contributed by atoms with Gasteiger partial charge in [0.05, 0.1) is 5.69 Å². The van der Waals surface area contributed by atoms with Gasteiger partial charge < -0.3 is 16.4 Å². The Bertz CT molecular complexity index is 2220. The molecule has 2 atom stereocenters. The van der Waals surface area contributed by atoms with Crippen LogP contribution in [-0.2, 0) is 6.42 Å². The van der Waals surface area contributed by atoms with Crippen LogP contribution >= 0.6 is 23.5 Å². The van der Waals surface area contributed by atoms with Crippen LogP contribution in [0.3, 0.4) is 0 Å². The molecule has 1 aromatic heterocycles. The number of pyridine rings is 1. The first-order valence-corrected chi connectivity index (χ1v) is 18.0. The molecule has 48 heavy (non-hydrogen) atoms. The van der Waals surface area contributed by atoms with E-state index in [1.54, 1.807) is 29.7 Å². The molecule has 4 nitrogen and oxygen atoms in total. The first-order chi connectivity index (χ1) is 23.8. The van der Waals surface area contributed by atoms with Gasteiger partial charge in [-0.15, -0.1) is 23.5 Å². The minimum Gasteiger partial charge on any atom is -0.404 e. The number of nitrogens with two attached hydrogens (primary N) is 1. The summed E-state index contributed by atoms with van der Waals surface area (Å²) >= 11 is 3.49. The number of hydrogen-bond acceptors (Lipinski definition) is 6. The van der Waals surface area contributed by atoms with Gasteiger partial charge in [-0.2, -0.15) is 0 Å². The molecule has 0 radical (unpaired) electrons. The fourth-order valence-corrected chi connectivity index (χ4v) is 8.17. The summed E-state index contributed by atoms with van der Waals surface area (Å²) in [7, 11) is 0. The summed E-state index contributed by atoms with van der Waals surface area (Å²) in [6.07, 6.45) is 12.9. The SMILES string of the molecule is N/C=C(\C=C/Cc1c2ccccc2c(-c2ccc(C3NC=CS3)cn2)c2ccc(-c3cccc(-c4ccccc4)c3)cc12)C1NC=CS1. The first kappa shape index (κ1) is 30.2. The van der Waals surface area contributed by atoms with Gasteiger partial charge in [0.25, 0.3) is 0 Å². The van der Waals surface area contributed by atoms with Crippen LogP contribution in [0.1, 0.15) is 16.5 Å². The summed E-state index contributed by atoms with van der Waals surface area (Å²) in [5.41, 5.74) is 16.5. The minimum atomic E-state index is 0.133. The Labute approximate surface area is 289 Å². The molecule has 0 saturated heterocycles. The van der Waals surface area contributed by atoms with E-state index in [1.165, 1.54) is 54.9 Å². The Balaban J connectivity index is 1.28. The van der Waals surface area contributed by atoms with E-state index in [-0.39, 0.29) is 10.7 Å². The summed E-state index contributed by atoms with van der Waals surface area (Å²) in [6, 6.07) is 39.5. The fraction of sp³-hybridized carbons (Fsp3) is 0.0714. The summed E-state index contributed by atoms with van der Waals surface area (Å²) in [6.45, 7) is 0.